The van der Waals surface area contributed by atoms with Crippen molar-refractivity contribution in [3.63, 3.8) is 0 Å². The van der Waals surface area contributed by atoms with Crippen molar-refractivity contribution in [1.82, 2.24) is 0 Å². The lowest BCUT2D eigenvalue weighted by Crippen LogP contribution is -2.34. The van der Waals surface area contributed by atoms with Crippen molar-refractivity contribution in [2.24, 2.45) is 16.7 Å². The van der Waals surface area contributed by atoms with Crippen LogP contribution in [0.1, 0.15) is 40.0 Å². The Kier molecular flexibility index (Phi) is 1.85. The summed E-state index contributed by atoms with van der Waals surface area (Å²) < 4.78 is 0. The van der Waals surface area contributed by atoms with Crippen molar-refractivity contribution >= 4 is 0 Å². The molecule has 74 valence electrons. The summed E-state index contributed by atoms with van der Waals surface area (Å²) in [6.07, 6.45) is 7.75. The Morgan fingerprint density at radius 3 is 2.62 bits per heavy atom. The third kappa shape index (κ3) is 1.17. The molecule has 1 saturated carbocycles. The molecule has 0 aromatic carbocycles. The largest absolute Gasteiger partial charge is 0.392 e. The summed E-state index contributed by atoms with van der Waals surface area (Å²) in [5.74, 6) is 0.667. The van der Waals surface area contributed by atoms with Crippen LogP contribution in [0.15, 0.2) is 12.2 Å². The average Bonchev–Trinajstić information content (AvgIpc) is 2.20. The summed E-state index contributed by atoms with van der Waals surface area (Å²) >= 11 is 0. The van der Waals surface area contributed by atoms with Gasteiger partial charge in [-0.1, -0.05) is 32.9 Å². The lowest BCUT2D eigenvalue weighted by atomic mass is 9.66. The summed E-state index contributed by atoms with van der Waals surface area (Å²) in [6.45, 7) is 6.81. The Morgan fingerprint density at radius 1 is 1.31 bits per heavy atom. The van der Waals surface area contributed by atoms with Crippen molar-refractivity contribution in [3.8, 4) is 0 Å². The first-order valence-electron chi connectivity index (χ1n) is 5.32. The Balaban J connectivity index is 2.38. The lowest BCUT2D eigenvalue weighted by Gasteiger charge is -2.39. The predicted molar refractivity (Wildman–Crippen MR) is 54.4 cm³/mol. The van der Waals surface area contributed by atoms with Gasteiger partial charge in [-0.2, -0.15) is 0 Å². The molecule has 2 rings (SSSR count). The molecule has 0 aromatic rings. The molecule has 0 aromatic heterocycles. The molecule has 0 unspecified atom stereocenters. The molecule has 0 amide bonds. The molecule has 1 nitrogen and oxygen atoms in total. The number of rotatable bonds is 0. The smallest absolute Gasteiger partial charge is 0.0636 e. The third-order valence-corrected chi connectivity index (χ3v) is 4.23. The Morgan fingerprint density at radius 2 is 2.00 bits per heavy atom. The number of aliphatic hydroxyl groups excluding tert-OH is 1. The summed E-state index contributed by atoms with van der Waals surface area (Å²) in [5, 5.41) is 10.1. The lowest BCUT2D eigenvalue weighted by molar-refractivity contribution is 0.0671. The second kappa shape index (κ2) is 2.60. The highest BCUT2D eigenvalue weighted by Crippen LogP contribution is 2.57. The predicted octanol–water partition coefficient (Wildman–Crippen LogP) is 2.75. The molecule has 0 spiro atoms. The van der Waals surface area contributed by atoms with Gasteiger partial charge >= 0.3 is 0 Å². The quantitative estimate of drug-likeness (QED) is 0.568. The first kappa shape index (κ1) is 9.26. The monoisotopic (exact) mass is 180 g/mol. The first-order valence-corrected chi connectivity index (χ1v) is 5.32. The SMILES string of the molecule is CC1(C)C[C@H](O)[C@@]2(C)C=CCC[C@@H]12. The number of aliphatic hydroxyl groups is 1. The van der Waals surface area contributed by atoms with Crippen molar-refractivity contribution in [2.45, 2.75) is 46.1 Å². The molecule has 13 heavy (non-hydrogen) atoms. The number of hydrogen-bond acceptors (Lipinski definition) is 1. The fourth-order valence-electron chi connectivity index (χ4n) is 3.46. The van der Waals surface area contributed by atoms with Crippen molar-refractivity contribution in [2.75, 3.05) is 0 Å². The molecular formula is C12H20O. The zero-order chi connectivity index (χ0) is 9.69. The number of allylic oxidation sites excluding steroid dienone is 1. The third-order valence-electron chi connectivity index (χ3n) is 4.23. The molecule has 0 bridgehead atoms. The van der Waals surface area contributed by atoms with E-state index in [0.717, 1.165) is 6.42 Å². The molecule has 0 radical (unpaired) electrons. The zero-order valence-electron chi connectivity index (χ0n) is 8.88. The van der Waals surface area contributed by atoms with E-state index in [1.54, 1.807) is 0 Å². The average molecular weight is 180 g/mol. The van der Waals surface area contributed by atoms with Gasteiger partial charge in [0, 0.05) is 5.41 Å². The van der Waals surface area contributed by atoms with Gasteiger partial charge in [0.25, 0.3) is 0 Å². The van der Waals surface area contributed by atoms with Gasteiger partial charge in [0.2, 0.25) is 0 Å². The molecule has 1 heteroatoms. The summed E-state index contributed by atoms with van der Waals surface area (Å²) in [6, 6.07) is 0. The van der Waals surface area contributed by atoms with Crippen LogP contribution in [-0.2, 0) is 0 Å². The normalized spacial score (nSPS) is 47.7. The molecule has 0 aliphatic heterocycles. The van der Waals surface area contributed by atoms with Crippen LogP contribution in [0.4, 0.5) is 0 Å². The Labute approximate surface area is 80.8 Å². The van der Waals surface area contributed by atoms with E-state index in [1.165, 1.54) is 12.8 Å². The van der Waals surface area contributed by atoms with Gasteiger partial charge in [0.15, 0.2) is 0 Å². The second-order valence-corrected chi connectivity index (χ2v) is 5.61. The highest BCUT2D eigenvalue weighted by Gasteiger charge is 2.54. The maximum Gasteiger partial charge on any atom is 0.0636 e. The van der Waals surface area contributed by atoms with Crippen LogP contribution in [-0.4, -0.2) is 11.2 Å². The molecule has 0 saturated heterocycles. The fourth-order valence-corrected chi connectivity index (χ4v) is 3.46. The minimum Gasteiger partial charge on any atom is -0.392 e. The van der Waals surface area contributed by atoms with Gasteiger partial charge in [-0.15, -0.1) is 0 Å². The van der Waals surface area contributed by atoms with E-state index in [2.05, 4.69) is 32.9 Å². The number of hydrogen-bond donors (Lipinski definition) is 1. The maximum absolute atomic E-state index is 10.1. The van der Waals surface area contributed by atoms with Crippen LogP contribution < -0.4 is 0 Å². The standard InChI is InChI=1S/C12H20O/c1-11(2)8-10(13)12(3)7-5-4-6-9(11)12/h5,7,9-10,13H,4,6,8H2,1-3H3/t9-,10-,12-/m0/s1. The van der Waals surface area contributed by atoms with Gasteiger partial charge < -0.3 is 5.11 Å². The van der Waals surface area contributed by atoms with E-state index in [4.69, 9.17) is 0 Å². The van der Waals surface area contributed by atoms with Crippen molar-refractivity contribution in [3.05, 3.63) is 12.2 Å². The van der Waals surface area contributed by atoms with E-state index < -0.39 is 0 Å². The van der Waals surface area contributed by atoms with Crippen LogP contribution >= 0.6 is 0 Å². The molecule has 2 aliphatic rings. The van der Waals surface area contributed by atoms with Gasteiger partial charge in [-0.05, 0) is 30.6 Å². The van der Waals surface area contributed by atoms with Crippen molar-refractivity contribution < 1.29 is 5.11 Å². The van der Waals surface area contributed by atoms with E-state index in [0.29, 0.717) is 11.3 Å². The summed E-state index contributed by atoms with van der Waals surface area (Å²) in [5.41, 5.74) is 0.376. The Bertz CT molecular complexity index is 242. The maximum atomic E-state index is 10.1. The minimum atomic E-state index is -0.135. The van der Waals surface area contributed by atoms with Gasteiger partial charge in [0.05, 0.1) is 6.10 Å². The fraction of sp³-hybridized carbons (Fsp3) is 0.833. The van der Waals surface area contributed by atoms with Crippen LogP contribution in [0.2, 0.25) is 0 Å². The van der Waals surface area contributed by atoms with Crippen LogP contribution in [0.5, 0.6) is 0 Å². The van der Waals surface area contributed by atoms with Crippen LogP contribution in [0.3, 0.4) is 0 Å². The van der Waals surface area contributed by atoms with E-state index >= 15 is 0 Å². The topological polar surface area (TPSA) is 20.2 Å². The van der Waals surface area contributed by atoms with Crippen LogP contribution in [0.25, 0.3) is 0 Å². The second-order valence-electron chi connectivity index (χ2n) is 5.61. The van der Waals surface area contributed by atoms with Crippen LogP contribution in [0, 0.1) is 16.7 Å². The van der Waals surface area contributed by atoms with Crippen molar-refractivity contribution in [1.29, 1.82) is 0 Å². The highest BCUT2D eigenvalue weighted by molar-refractivity contribution is 5.16. The zero-order valence-corrected chi connectivity index (χ0v) is 8.88. The highest BCUT2D eigenvalue weighted by atomic mass is 16.3. The molecule has 3 atom stereocenters. The molecule has 1 N–H and O–H groups in total. The van der Waals surface area contributed by atoms with Gasteiger partial charge in [0.1, 0.15) is 0 Å². The van der Waals surface area contributed by atoms with E-state index in [9.17, 15) is 5.11 Å². The molecular weight excluding hydrogens is 160 g/mol. The minimum absolute atomic E-state index is 0.0573. The van der Waals surface area contributed by atoms with Gasteiger partial charge in [-0.3, -0.25) is 0 Å². The molecule has 1 fully saturated rings. The number of fused-ring (bicyclic) bond motifs is 1. The first-order chi connectivity index (χ1) is 5.97. The Hall–Kier alpha value is -0.300. The molecule has 0 heterocycles. The van der Waals surface area contributed by atoms with Gasteiger partial charge in [-0.25, -0.2) is 0 Å². The van der Waals surface area contributed by atoms with E-state index in [1.807, 2.05) is 0 Å². The van der Waals surface area contributed by atoms with E-state index in [-0.39, 0.29) is 11.5 Å². The summed E-state index contributed by atoms with van der Waals surface area (Å²) in [4.78, 5) is 0. The molecule has 2 aliphatic carbocycles. The summed E-state index contributed by atoms with van der Waals surface area (Å²) in [7, 11) is 0.